The van der Waals surface area contributed by atoms with Crippen molar-refractivity contribution in [3.8, 4) is 0 Å². The summed E-state index contributed by atoms with van der Waals surface area (Å²) in [5, 5.41) is 3.62. The topological polar surface area (TPSA) is 12.0 Å². The molecule has 0 saturated carbocycles. The van der Waals surface area contributed by atoms with E-state index in [1.54, 1.807) is 0 Å². The van der Waals surface area contributed by atoms with E-state index in [-0.39, 0.29) is 0 Å². The molecule has 1 aromatic rings. The van der Waals surface area contributed by atoms with E-state index < -0.39 is 0 Å². The van der Waals surface area contributed by atoms with Crippen LogP contribution in [0.3, 0.4) is 0 Å². The van der Waals surface area contributed by atoms with Crippen molar-refractivity contribution >= 4 is 0 Å². The van der Waals surface area contributed by atoms with Gasteiger partial charge in [0.15, 0.2) is 0 Å². The third-order valence-electron chi connectivity index (χ3n) is 3.48. The van der Waals surface area contributed by atoms with Crippen molar-refractivity contribution in [3.63, 3.8) is 0 Å². The zero-order valence-electron chi connectivity index (χ0n) is 11.8. The maximum Gasteiger partial charge on any atom is 0.0345 e. The highest BCUT2D eigenvalue weighted by molar-refractivity contribution is 5.25. The normalized spacial score (nSPS) is 14.6. The van der Waals surface area contributed by atoms with Gasteiger partial charge >= 0.3 is 0 Å². The summed E-state index contributed by atoms with van der Waals surface area (Å²) >= 11 is 0. The summed E-state index contributed by atoms with van der Waals surface area (Å²) in [7, 11) is 0. The minimum Gasteiger partial charge on any atom is -0.310 e. The molecule has 0 aliphatic heterocycles. The average Bonchev–Trinajstić information content (AvgIpc) is 2.36. The maximum atomic E-state index is 3.62. The van der Waals surface area contributed by atoms with Crippen molar-refractivity contribution in [2.24, 2.45) is 5.92 Å². The molecule has 0 bridgehead atoms. The van der Waals surface area contributed by atoms with Crippen LogP contribution >= 0.6 is 0 Å². The van der Waals surface area contributed by atoms with Crippen LogP contribution in [0.25, 0.3) is 0 Å². The van der Waals surface area contributed by atoms with Crippen LogP contribution in [-0.4, -0.2) is 6.54 Å². The van der Waals surface area contributed by atoms with E-state index in [9.17, 15) is 0 Å². The van der Waals surface area contributed by atoms with Gasteiger partial charge in [-0.2, -0.15) is 0 Å². The average molecular weight is 233 g/mol. The highest BCUT2D eigenvalue weighted by Gasteiger charge is 2.17. The van der Waals surface area contributed by atoms with E-state index in [1.165, 1.54) is 24.0 Å². The fourth-order valence-electron chi connectivity index (χ4n) is 2.45. The molecule has 0 aliphatic carbocycles. The third-order valence-corrected chi connectivity index (χ3v) is 3.48. The quantitative estimate of drug-likeness (QED) is 0.739. The van der Waals surface area contributed by atoms with Crippen molar-refractivity contribution in [2.45, 2.75) is 53.0 Å². The Kier molecular flexibility index (Phi) is 6.28. The summed E-state index contributed by atoms with van der Waals surface area (Å²) in [5.74, 6) is 0.701. The van der Waals surface area contributed by atoms with Gasteiger partial charge in [-0.15, -0.1) is 0 Å². The molecule has 96 valence electrons. The first kappa shape index (κ1) is 14.2. The SMILES string of the molecule is CCCC(C)C(NCC)c1ccc(CC)cc1. The van der Waals surface area contributed by atoms with Crippen LogP contribution in [0, 0.1) is 5.92 Å². The molecule has 0 aliphatic rings. The fourth-order valence-corrected chi connectivity index (χ4v) is 2.45. The van der Waals surface area contributed by atoms with Gasteiger partial charge in [0.2, 0.25) is 0 Å². The number of rotatable bonds is 7. The number of hydrogen-bond acceptors (Lipinski definition) is 1. The minimum absolute atomic E-state index is 0.505. The van der Waals surface area contributed by atoms with Crippen molar-refractivity contribution in [3.05, 3.63) is 35.4 Å². The predicted octanol–water partition coefficient (Wildman–Crippen LogP) is 4.34. The highest BCUT2D eigenvalue weighted by Crippen LogP contribution is 2.25. The molecule has 1 nitrogen and oxygen atoms in total. The zero-order chi connectivity index (χ0) is 12.7. The van der Waals surface area contributed by atoms with E-state index >= 15 is 0 Å². The van der Waals surface area contributed by atoms with Gasteiger partial charge in [-0.1, -0.05) is 58.4 Å². The Morgan fingerprint density at radius 3 is 2.18 bits per heavy atom. The molecule has 0 amide bonds. The predicted molar refractivity (Wildman–Crippen MR) is 76.3 cm³/mol. The molecule has 1 aromatic carbocycles. The van der Waals surface area contributed by atoms with Crippen molar-refractivity contribution in [2.75, 3.05) is 6.54 Å². The summed E-state index contributed by atoms with van der Waals surface area (Å²) in [6, 6.07) is 9.61. The number of nitrogens with one attached hydrogen (secondary N) is 1. The minimum atomic E-state index is 0.505. The van der Waals surface area contributed by atoms with Gasteiger partial charge in [0.05, 0.1) is 0 Å². The molecule has 0 heterocycles. The molecular formula is C16H27N. The Balaban J connectivity index is 2.80. The van der Waals surface area contributed by atoms with Crippen LogP contribution < -0.4 is 5.32 Å². The van der Waals surface area contributed by atoms with Crippen LogP contribution in [-0.2, 0) is 6.42 Å². The molecule has 1 heteroatoms. The van der Waals surface area contributed by atoms with E-state index in [2.05, 4.69) is 57.3 Å². The molecular weight excluding hydrogens is 206 g/mol. The van der Waals surface area contributed by atoms with Crippen LogP contribution in [0.5, 0.6) is 0 Å². The van der Waals surface area contributed by atoms with Crippen molar-refractivity contribution in [1.82, 2.24) is 5.32 Å². The monoisotopic (exact) mass is 233 g/mol. The van der Waals surface area contributed by atoms with Crippen molar-refractivity contribution < 1.29 is 0 Å². The lowest BCUT2D eigenvalue weighted by Gasteiger charge is -2.25. The first-order chi connectivity index (χ1) is 8.22. The molecule has 1 rings (SSSR count). The summed E-state index contributed by atoms with van der Waals surface area (Å²) in [6.45, 7) is 10.0. The van der Waals surface area contributed by atoms with Crippen LogP contribution in [0.4, 0.5) is 0 Å². The van der Waals surface area contributed by atoms with E-state index in [1.807, 2.05) is 0 Å². The summed E-state index contributed by atoms with van der Waals surface area (Å²) in [6.07, 6.45) is 3.67. The fraction of sp³-hybridized carbons (Fsp3) is 0.625. The molecule has 0 spiro atoms. The summed E-state index contributed by atoms with van der Waals surface area (Å²) in [5.41, 5.74) is 2.86. The molecule has 2 unspecified atom stereocenters. The maximum absolute atomic E-state index is 3.62. The lowest BCUT2D eigenvalue weighted by molar-refractivity contribution is 0.369. The smallest absolute Gasteiger partial charge is 0.0345 e. The Morgan fingerprint density at radius 2 is 1.71 bits per heavy atom. The largest absolute Gasteiger partial charge is 0.310 e. The molecule has 0 aromatic heterocycles. The van der Waals surface area contributed by atoms with Crippen LogP contribution in [0.15, 0.2) is 24.3 Å². The Hall–Kier alpha value is -0.820. The number of benzene rings is 1. The third kappa shape index (κ3) is 4.16. The zero-order valence-corrected chi connectivity index (χ0v) is 11.8. The molecule has 1 N–H and O–H groups in total. The molecule has 17 heavy (non-hydrogen) atoms. The van der Waals surface area contributed by atoms with Gasteiger partial charge < -0.3 is 5.32 Å². The van der Waals surface area contributed by atoms with Gasteiger partial charge in [-0.3, -0.25) is 0 Å². The second-order valence-electron chi connectivity index (χ2n) is 4.90. The molecule has 0 radical (unpaired) electrons. The lowest BCUT2D eigenvalue weighted by atomic mass is 9.90. The van der Waals surface area contributed by atoms with Crippen LogP contribution in [0.2, 0.25) is 0 Å². The van der Waals surface area contributed by atoms with Gasteiger partial charge in [0.25, 0.3) is 0 Å². The Bertz CT molecular complexity index is 302. The van der Waals surface area contributed by atoms with E-state index in [4.69, 9.17) is 0 Å². The van der Waals surface area contributed by atoms with Crippen LogP contribution in [0.1, 0.15) is 57.7 Å². The highest BCUT2D eigenvalue weighted by atomic mass is 14.9. The van der Waals surface area contributed by atoms with Gasteiger partial charge in [-0.25, -0.2) is 0 Å². The van der Waals surface area contributed by atoms with Gasteiger partial charge in [0, 0.05) is 6.04 Å². The lowest BCUT2D eigenvalue weighted by Crippen LogP contribution is -2.26. The van der Waals surface area contributed by atoms with Gasteiger partial charge in [0.1, 0.15) is 0 Å². The molecule has 0 fully saturated rings. The Labute approximate surface area is 107 Å². The summed E-state index contributed by atoms with van der Waals surface area (Å²) in [4.78, 5) is 0. The second kappa shape index (κ2) is 7.50. The number of aryl methyl sites for hydroxylation is 1. The number of hydrogen-bond donors (Lipinski definition) is 1. The molecule has 0 saturated heterocycles. The summed E-state index contributed by atoms with van der Waals surface area (Å²) < 4.78 is 0. The Morgan fingerprint density at radius 1 is 1.06 bits per heavy atom. The van der Waals surface area contributed by atoms with Crippen molar-refractivity contribution in [1.29, 1.82) is 0 Å². The van der Waals surface area contributed by atoms with E-state index in [0.717, 1.165) is 13.0 Å². The van der Waals surface area contributed by atoms with Gasteiger partial charge in [-0.05, 0) is 36.4 Å². The first-order valence-corrected chi connectivity index (χ1v) is 7.05. The first-order valence-electron chi connectivity index (χ1n) is 7.05. The molecule has 2 atom stereocenters. The standard InChI is InChI=1S/C16H27N/c1-5-8-13(4)16(17-7-3)15-11-9-14(6-2)10-12-15/h9-13,16-17H,5-8H2,1-4H3. The second-order valence-corrected chi connectivity index (χ2v) is 4.90. The van der Waals surface area contributed by atoms with E-state index in [0.29, 0.717) is 12.0 Å².